The molecule has 0 saturated carbocycles. The van der Waals surface area contributed by atoms with Gasteiger partial charge in [-0.3, -0.25) is 4.79 Å². The van der Waals surface area contributed by atoms with Crippen molar-refractivity contribution in [2.24, 2.45) is 0 Å². The lowest BCUT2D eigenvalue weighted by Gasteiger charge is -2.25. The summed E-state index contributed by atoms with van der Waals surface area (Å²) >= 11 is 0. The molecule has 1 unspecified atom stereocenters. The minimum absolute atomic E-state index is 0.164. The first-order valence-corrected chi connectivity index (χ1v) is 10.0. The van der Waals surface area contributed by atoms with Gasteiger partial charge in [0.1, 0.15) is 16.8 Å². The summed E-state index contributed by atoms with van der Waals surface area (Å²) in [5, 5.41) is 2.94. The average Bonchev–Trinajstić information content (AvgIpc) is 2.65. The summed E-state index contributed by atoms with van der Waals surface area (Å²) in [4.78, 5) is 13.8. The topological polar surface area (TPSA) is 78.5 Å². The molecule has 0 bridgehead atoms. The normalized spacial score (nSPS) is 12.6. The van der Waals surface area contributed by atoms with E-state index in [-0.39, 0.29) is 12.3 Å². The van der Waals surface area contributed by atoms with E-state index < -0.39 is 26.8 Å². The van der Waals surface area contributed by atoms with Gasteiger partial charge in [-0.2, -0.15) is 4.72 Å². The molecule has 0 spiro atoms. The van der Waals surface area contributed by atoms with Crippen molar-refractivity contribution in [2.45, 2.75) is 17.4 Å². The number of carbonyl (C=O) groups excluding carboxylic acids is 1. The molecule has 1 amide bonds. The monoisotopic (exact) mass is 393 g/mol. The fourth-order valence-corrected chi connectivity index (χ4v) is 3.87. The van der Waals surface area contributed by atoms with Crippen molar-refractivity contribution in [1.82, 2.24) is 14.9 Å². The third kappa shape index (κ3) is 5.85. The molecule has 0 aliphatic rings. The zero-order chi connectivity index (χ0) is 19.9. The maximum atomic E-state index is 14.0. The zero-order valence-electron chi connectivity index (χ0n) is 15.4. The highest BCUT2D eigenvalue weighted by Crippen LogP contribution is 2.15. The van der Waals surface area contributed by atoms with Gasteiger partial charge in [-0.05, 0) is 31.2 Å². The standard InChI is InChI=1S/C19H24FN3O3S/c1-21-12-13-23(2)19(24)17(14-15-8-4-3-5-9-15)22-27(25,26)18-11-7-6-10-16(18)20/h3-11,17,21-22H,12-14H2,1-2H3. The van der Waals surface area contributed by atoms with Crippen LogP contribution in [0.15, 0.2) is 59.5 Å². The van der Waals surface area contributed by atoms with E-state index in [0.29, 0.717) is 13.1 Å². The summed E-state index contributed by atoms with van der Waals surface area (Å²) < 4.78 is 41.7. The number of hydrogen-bond acceptors (Lipinski definition) is 4. The Morgan fingerprint density at radius 2 is 1.74 bits per heavy atom. The van der Waals surface area contributed by atoms with Gasteiger partial charge in [-0.25, -0.2) is 12.8 Å². The third-order valence-electron chi connectivity index (χ3n) is 4.08. The van der Waals surface area contributed by atoms with Crippen molar-refractivity contribution in [1.29, 1.82) is 0 Å². The molecule has 2 rings (SSSR count). The highest BCUT2D eigenvalue weighted by Gasteiger charge is 2.29. The summed E-state index contributed by atoms with van der Waals surface area (Å²) in [6, 6.07) is 13.1. The Balaban J connectivity index is 2.28. The lowest BCUT2D eigenvalue weighted by atomic mass is 10.1. The molecule has 0 aliphatic carbocycles. The Morgan fingerprint density at radius 3 is 2.37 bits per heavy atom. The molecule has 0 heterocycles. The number of nitrogens with one attached hydrogen (secondary N) is 2. The van der Waals surface area contributed by atoms with Gasteiger partial charge >= 0.3 is 0 Å². The van der Waals surface area contributed by atoms with E-state index in [1.54, 1.807) is 14.1 Å². The Hall–Kier alpha value is -2.29. The molecule has 0 radical (unpaired) electrons. The highest BCUT2D eigenvalue weighted by molar-refractivity contribution is 7.89. The second kappa shape index (κ2) is 9.59. The summed E-state index contributed by atoms with van der Waals surface area (Å²) in [5.41, 5.74) is 0.800. The van der Waals surface area contributed by atoms with E-state index in [0.717, 1.165) is 11.6 Å². The zero-order valence-corrected chi connectivity index (χ0v) is 16.2. The minimum atomic E-state index is -4.20. The molecule has 27 heavy (non-hydrogen) atoms. The van der Waals surface area contributed by atoms with Gasteiger partial charge in [-0.1, -0.05) is 42.5 Å². The highest BCUT2D eigenvalue weighted by atomic mass is 32.2. The molecule has 0 aliphatic heterocycles. The van der Waals surface area contributed by atoms with Crippen LogP contribution in [0.4, 0.5) is 4.39 Å². The fourth-order valence-electron chi connectivity index (χ4n) is 2.60. The van der Waals surface area contributed by atoms with Crippen LogP contribution >= 0.6 is 0 Å². The number of hydrogen-bond donors (Lipinski definition) is 2. The first kappa shape index (κ1) is 21.0. The number of benzene rings is 2. The van der Waals surface area contributed by atoms with Crippen molar-refractivity contribution >= 4 is 15.9 Å². The Kier molecular flexibility index (Phi) is 7.46. The molecule has 2 N–H and O–H groups in total. The van der Waals surface area contributed by atoms with E-state index in [1.807, 2.05) is 30.3 Å². The second-order valence-corrected chi connectivity index (χ2v) is 7.84. The van der Waals surface area contributed by atoms with Gasteiger partial charge in [0.25, 0.3) is 0 Å². The Labute approximate surface area is 159 Å². The van der Waals surface area contributed by atoms with Crippen LogP contribution in [0.1, 0.15) is 5.56 Å². The molecule has 0 saturated heterocycles. The van der Waals surface area contributed by atoms with E-state index in [4.69, 9.17) is 0 Å². The van der Waals surface area contributed by atoms with E-state index in [9.17, 15) is 17.6 Å². The molecule has 8 heteroatoms. The number of rotatable bonds is 9. The number of amides is 1. The summed E-state index contributed by atoms with van der Waals surface area (Å²) in [5.74, 6) is -1.24. The molecule has 146 valence electrons. The lowest BCUT2D eigenvalue weighted by molar-refractivity contribution is -0.131. The smallest absolute Gasteiger partial charge is 0.244 e. The molecule has 6 nitrogen and oxygen atoms in total. The predicted molar refractivity (Wildman–Crippen MR) is 102 cm³/mol. The number of carbonyl (C=O) groups is 1. The molecule has 2 aromatic rings. The van der Waals surface area contributed by atoms with Crippen molar-refractivity contribution in [2.75, 3.05) is 27.2 Å². The molecule has 1 atom stereocenters. The number of sulfonamides is 1. The van der Waals surface area contributed by atoms with Crippen molar-refractivity contribution < 1.29 is 17.6 Å². The average molecular weight is 393 g/mol. The fraction of sp³-hybridized carbons (Fsp3) is 0.316. The minimum Gasteiger partial charge on any atom is -0.343 e. The van der Waals surface area contributed by atoms with Crippen molar-refractivity contribution in [3.63, 3.8) is 0 Å². The number of halogens is 1. The van der Waals surface area contributed by atoms with Crippen LogP contribution in [0.5, 0.6) is 0 Å². The second-order valence-electron chi connectivity index (χ2n) is 6.16. The van der Waals surface area contributed by atoms with Crippen LogP contribution in [0.25, 0.3) is 0 Å². The van der Waals surface area contributed by atoms with Crippen LogP contribution < -0.4 is 10.0 Å². The van der Waals surface area contributed by atoms with E-state index in [1.165, 1.54) is 23.1 Å². The first-order chi connectivity index (χ1) is 12.8. The number of nitrogens with zero attached hydrogens (tertiary/aromatic N) is 1. The van der Waals surface area contributed by atoms with Gasteiger partial charge < -0.3 is 10.2 Å². The van der Waals surface area contributed by atoms with Gasteiger partial charge in [0.2, 0.25) is 15.9 Å². The van der Waals surface area contributed by atoms with Crippen molar-refractivity contribution in [3.8, 4) is 0 Å². The van der Waals surface area contributed by atoms with Crippen LogP contribution in [-0.2, 0) is 21.2 Å². The van der Waals surface area contributed by atoms with Crippen molar-refractivity contribution in [3.05, 3.63) is 66.0 Å². The van der Waals surface area contributed by atoms with Gasteiger partial charge in [0.05, 0.1) is 0 Å². The quantitative estimate of drug-likeness (QED) is 0.675. The Bertz CT molecular complexity index is 860. The SMILES string of the molecule is CNCCN(C)C(=O)C(Cc1ccccc1)NS(=O)(=O)c1ccccc1F. The van der Waals surface area contributed by atoms with Crippen LogP contribution in [-0.4, -0.2) is 52.5 Å². The molecule has 2 aromatic carbocycles. The summed E-state index contributed by atoms with van der Waals surface area (Å²) in [7, 11) is -0.827. The maximum absolute atomic E-state index is 14.0. The van der Waals surface area contributed by atoms with E-state index >= 15 is 0 Å². The molecular weight excluding hydrogens is 369 g/mol. The van der Waals surface area contributed by atoms with Crippen LogP contribution in [0.3, 0.4) is 0 Å². The first-order valence-electron chi connectivity index (χ1n) is 8.55. The van der Waals surface area contributed by atoms with Gasteiger partial charge in [0, 0.05) is 20.1 Å². The molecule has 0 aromatic heterocycles. The van der Waals surface area contributed by atoms with Gasteiger partial charge in [-0.15, -0.1) is 0 Å². The predicted octanol–water partition coefficient (Wildman–Crippen LogP) is 1.39. The maximum Gasteiger partial charge on any atom is 0.244 e. The number of likely N-dealkylation sites (N-methyl/N-ethyl adjacent to an activating group) is 2. The largest absolute Gasteiger partial charge is 0.343 e. The lowest BCUT2D eigenvalue weighted by Crippen LogP contribution is -2.49. The summed E-state index contributed by atoms with van der Waals surface area (Å²) in [6.07, 6.45) is 0.164. The van der Waals surface area contributed by atoms with Crippen LogP contribution in [0.2, 0.25) is 0 Å². The molecule has 0 fully saturated rings. The van der Waals surface area contributed by atoms with Crippen LogP contribution in [0, 0.1) is 5.82 Å². The van der Waals surface area contributed by atoms with E-state index in [2.05, 4.69) is 10.0 Å². The van der Waals surface area contributed by atoms with Gasteiger partial charge in [0.15, 0.2) is 0 Å². The Morgan fingerprint density at radius 1 is 1.11 bits per heavy atom. The molecular formula is C19H24FN3O3S. The summed E-state index contributed by atoms with van der Waals surface area (Å²) in [6.45, 7) is 0.989. The third-order valence-corrected chi connectivity index (χ3v) is 5.58.